The second kappa shape index (κ2) is 9.13. The van der Waals surface area contributed by atoms with Gasteiger partial charge in [0.25, 0.3) is 0 Å². The van der Waals surface area contributed by atoms with E-state index in [2.05, 4.69) is 75.4 Å². The van der Waals surface area contributed by atoms with Crippen LogP contribution in [0.2, 0.25) is 0 Å². The molecule has 1 heterocycles. The summed E-state index contributed by atoms with van der Waals surface area (Å²) in [4.78, 5) is 29.6. The van der Waals surface area contributed by atoms with Gasteiger partial charge >= 0.3 is 0 Å². The van der Waals surface area contributed by atoms with E-state index in [9.17, 15) is 9.59 Å². The zero-order chi connectivity index (χ0) is 26.6. The number of rotatable bonds is 5. The maximum atomic E-state index is 14.1. The second-order valence-electron chi connectivity index (χ2n) is 11.4. The molecule has 0 spiro atoms. The Morgan fingerprint density at radius 2 is 1.34 bits per heavy atom. The molecule has 0 radical (unpaired) electrons. The summed E-state index contributed by atoms with van der Waals surface area (Å²) in [6, 6.07) is 28.1. The van der Waals surface area contributed by atoms with Crippen LogP contribution in [0.5, 0.6) is 5.75 Å². The van der Waals surface area contributed by atoms with Crippen molar-refractivity contribution in [3.05, 3.63) is 113 Å². The molecule has 2 aliphatic carbocycles. The van der Waals surface area contributed by atoms with Crippen LogP contribution in [0.3, 0.4) is 0 Å². The molecule has 4 atom stereocenters. The van der Waals surface area contributed by atoms with Gasteiger partial charge in [-0.25, -0.2) is 4.90 Å². The Labute approximate surface area is 224 Å². The number of benzene rings is 3. The lowest BCUT2D eigenvalue weighted by molar-refractivity contribution is -0.122. The van der Waals surface area contributed by atoms with Crippen molar-refractivity contribution in [1.29, 1.82) is 0 Å². The van der Waals surface area contributed by atoms with E-state index in [0.717, 1.165) is 22.4 Å². The van der Waals surface area contributed by atoms with Gasteiger partial charge in [0.15, 0.2) is 0 Å². The van der Waals surface area contributed by atoms with Crippen LogP contribution < -0.4 is 9.64 Å². The fourth-order valence-corrected chi connectivity index (χ4v) is 6.75. The third kappa shape index (κ3) is 3.74. The maximum absolute atomic E-state index is 14.1. The van der Waals surface area contributed by atoms with Crippen LogP contribution in [-0.4, -0.2) is 18.4 Å². The average molecular weight is 504 g/mol. The molecule has 6 rings (SSSR count). The SMILES string of the molecule is CCOc1ccc(N2C(=O)[C@@H]3[C@H]4C(C(C)(C)C)=C[C@@H](C4=C(c4ccccc4)c4ccccc4)[C@H]3C2=O)cc1. The summed E-state index contributed by atoms with van der Waals surface area (Å²) in [5.41, 5.74) is 6.37. The van der Waals surface area contributed by atoms with Crippen LogP contribution in [-0.2, 0) is 9.59 Å². The van der Waals surface area contributed by atoms with Crippen molar-refractivity contribution in [2.75, 3.05) is 11.5 Å². The molecule has 2 fully saturated rings. The Hall–Kier alpha value is -3.92. The van der Waals surface area contributed by atoms with Crippen LogP contribution in [0.15, 0.2) is 102 Å². The van der Waals surface area contributed by atoms with Gasteiger partial charge in [0.05, 0.1) is 24.1 Å². The normalized spacial score (nSPS) is 24.1. The molecule has 38 heavy (non-hydrogen) atoms. The van der Waals surface area contributed by atoms with E-state index in [-0.39, 0.29) is 35.0 Å². The highest BCUT2D eigenvalue weighted by molar-refractivity contribution is 6.23. The zero-order valence-corrected chi connectivity index (χ0v) is 22.3. The van der Waals surface area contributed by atoms with Gasteiger partial charge in [-0.15, -0.1) is 0 Å². The molecule has 2 amide bonds. The number of imide groups is 1. The molecule has 3 aromatic carbocycles. The monoisotopic (exact) mass is 503 g/mol. The quantitative estimate of drug-likeness (QED) is 0.280. The molecule has 2 bridgehead atoms. The van der Waals surface area contributed by atoms with E-state index in [1.165, 1.54) is 16.0 Å². The summed E-state index contributed by atoms with van der Waals surface area (Å²) in [7, 11) is 0. The lowest BCUT2D eigenvalue weighted by Crippen LogP contribution is -2.34. The van der Waals surface area contributed by atoms with Crippen molar-refractivity contribution < 1.29 is 14.3 Å². The molecule has 192 valence electrons. The zero-order valence-electron chi connectivity index (χ0n) is 22.3. The Morgan fingerprint density at radius 1 is 0.789 bits per heavy atom. The van der Waals surface area contributed by atoms with E-state index in [0.29, 0.717) is 12.3 Å². The van der Waals surface area contributed by atoms with E-state index < -0.39 is 5.92 Å². The lowest BCUT2D eigenvalue weighted by Gasteiger charge is -2.31. The molecular weight excluding hydrogens is 470 g/mol. The summed E-state index contributed by atoms with van der Waals surface area (Å²) in [5, 5.41) is 0. The van der Waals surface area contributed by atoms with Crippen LogP contribution in [0, 0.1) is 29.1 Å². The first kappa shape index (κ1) is 24.4. The van der Waals surface area contributed by atoms with E-state index in [4.69, 9.17) is 4.74 Å². The van der Waals surface area contributed by atoms with Crippen molar-refractivity contribution in [1.82, 2.24) is 0 Å². The molecule has 0 N–H and O–H groups in total. The fourth-order valence-electron chi connectivity index (χ4n) is 6.75. The minimum atomic E-state index is -0.393. The number of anilines is 1. The van der Waals surface area contributed by atoms with Crippen molar-refractivity contribution in [2.24, 2.45) is 29.1 Å². The topological polar surface area (TPSA) is 46.6 Å². The third-order valence-corrected chi connectivity index (χ3v) is 8.22. The van der Waals surface area contributed by atoms with Crippen molar-refractivity contribution in [3.63, 3.8) is 0 Å². The number of carbonyl (C=O) groups excluding carboxylic acids is 2. The summed E-state index contributed by atoms with van der Waals surface area (Å²) in [6.45, 7) is 9.13. The number of ether oxygens (including phenoxy) is 1. The van der Waals surface area contributed by atoms with Gasteiger partial charge in [0, 0.05) is 11.8 Å². The highest BCUT2D eigenvalue weighted by atomic mass is 16.5. The first-order chi connectivity index (χ1) is 18.3. The first-order valence-electron chi connectivity index (χ1n) is 13.5. The van der Waals surface area contributed by atoms with Gasteiger partial charge < -0.3 is 4.74 Å². The molecule has 1 saturated heterocycles. The molecule has 4 nitrogen and oxygen atoms in total. The van der Waals surface area contributed by atoms with Gasteiger partial charge in [0.1, 0.15) is 5.75 Å². The molecule has 3 aromatic rings. The highest BCUT2D eigenvalue weighted by Gasteiger charge is 2.65. The number of hydrogen-bond acceptors (Lipinski definition) is 3. The fraction of sp³-hybridized carbons (Fsp3) is 0.294. The minimum absolute atomic E-state index is 0.0931. The Kier molecular flexibility index (Phi) is 5.86. The van der Waals surface area contributed by atoms with Gasteiger partial charge in [-0.3, -0.25) is 9.59 Å². The second-order valence-corrected chi connectivity index (χ2v) is 11.4. The van der Waals surface area contributed by atoms with Crippen LogP contribution in [0.4, 0.5) is 5.69 Å². The van der Waals surface area contributed by atoms with Crippen molar-refractivity contribution in [2.45, 2.75) is 27.7 Å². The Balaban J connectivity index is 1.51. The first-order valence-corrected chi connectivity index (χ1v) is 13.5. The largest absolute Gasteiger partial charge is 0.494 e. The number of hydrogen-bond donors (Lipinski definition) is 0. The summed E-state index contributed by atoms with van der Waals surface area (Å²) in [5.74, 6) is -0.460. The predicted octanol–water partition coefficient (Wildman–Crippen LogP) is 6.93. The van der Waals surface area contributed by atoms with E-state index in [1.807, 2.05) is 43.3 Å². The third-order valence-electron chi connectivity index (χ3n) is 8.22. The summed E-state index contributed by atoms with van der Waals surface area (Å²) >= 11 is 0. The molecule has 3 aliphatic rings. The maximum Gasteiger partial charge on any atom is 0.238 e. The van der Waals surface area contributed by atoms with Crippen LogP contribution >= 0.6 is 0 Å². The molecule has 1 saturated carbocycles. The number of amides is 2. The highest BCUT2D eigenvalue weighted by Crippen LogP contribution is 2.64. The molecule has 4 heteroatoms. The van der Waals surface area contributed by atoms with Gasteiger partial charge in [-0.2, -0.15) is 0 Å². The molecular formula is C34H33NO3. The molecule has 1 aliphatic heterocycles. The van der Waals surface area contributed by atoms with Crippen molar-refractivity contribution >= 4 is 23.1 Å². The van der Waals surface area contributed by atoms with Crippen LogP contribution in [0.25, 0.3) is 5.57 Å². The van der Waals surface area contributed by atoms with E-state index in [1.54, 1.807) is 0 Å². The van der Waals surface area contributed by atoms with Crippen molar-refractivity contribution in [3.8, 4) is 5.75 Å². The summed E-state index contributed by atoms with van der Waals surface area (Å²) in [6.07, 6.45) is 2.31. The molecule has 0 unspecified atom stereocenters. The van der Waals surface area contributed by atoms with Gasteiger partial charge in [-0.1, -0.05) is 93.1 Å². The van der Waals surface area contributed by atoms with Crippen LogP contribution in [0.1, 0.15) is 38.8 Å². The Morgan fingerprint density at radius 3 is 1.87 bits per heavy atom. The van der Waals surface area contributed by atoms with Gasteiger partial charge in [-0.05, 0) is 58.9 Å². The standard InChI is InChI=1S/C34H33NO3/c1-5-38-24-18-16-23(17-19-24)35-32(36)29-25-20-26(34(2,3)4)30(31(29)33(35)37)28(25)27(21-12-8-6-9-13-21)22-14-10-7-11-15-22/h6-20,25,29-31H,5H2,1-4H3/t25-,29+,30-,31-/m0/s1. The number of fused-ring (bicyclic) bond motifs is 5. The van der Waals surface area contributed by atoms with E-state index >= 15 is 0 Å². The molecule has 0 aromatic heterocycles. The number of nitrogens with zero attached hydrogens (tertiary/aromatic N) is 1. The number of carbonyl (C=O) groups is 2. The minimum Gasteiger partial charge on any atom is -0.494 e. The average Bonchev–Trinajstić information content (AvgIpc) is 3.53. The number of allylic oxidation sites excluding steroid dienone is 3. The smallest absolute Gasteiger partial charge is 0.238 e. The lowest BCUT2D eigenvalue weighted by atomic mass is 9.71. The summed E-state index contributed by atoms with van der Waals surface area (Å²) < 4.78 is 5.57. The van der Waals surface area contributed by atoms with Gasteiger partial charge in [0.2, 0.25) is 11.8 Å². The Bertz CT molecular complexity index is 1400. The predicted molar refractivity (Wildman–Crippen MR) is 151 cm³/mol.